The van der Waals surface area contributed by atoms with E-state index in [9.17, 15) is 4.79 Å². The van der Waals surface area contributed by atoms with Crippen molar-refractivity contribution < 1.29 is 4.79 Å². The number of nitrogens with one attached hydrogen (secondary N) is 2. The zero-order chi connectivity index (χ0) is 17.5. The molecule has 0 fully saturated rings. The number of rotatable bonds is 5. The second-order valence-electron chi connectivity index (χ2n) is 5.24. The Morgan fingerprint density at radius 2 is 1.80 bits per heavy atom. The maximum absolute atomic E-state index is 12.3. The van der Waals surface area contributed by atoms with Crippen LogP contribution in [0.2, 0.25) is 0 Å². The van der Waals surface area contributed by atoms with Crippen LogP contribution in [0.3, 0.4) is 0 Å². The lowest BCUT2D eigenvalue weighted by Crippen LogP contribution is -2.24. The first-order valence-electron chi connectivity index (χ1n) is 7.66. The maximum Gasteiger partial charge on any atom is 0.270 e. The van der Waals surface area contributed by atoms with Crippen molar-refractivity contribution in [3.63, 3.8) is 0 Å². The summed E-state index contributed by atoms with van der Waals surface area (Å²) in [6, 6.07) is 20.4. The number of anilines is 2. The third kappa shape index (κ3) is 4.18. The normalized spacial score (nSPS) is 9.88. The van der Waals surface area contributed by atoms with E-state index in [2.05, 4.69) is 26.7 Å². The molecule has 0 aliphatic rings. The van der Waals surface area contributed by atoms with Gasteiger partial charge < -0.3 is 10.6 Å². The van der Waals surface area contributed by atoms with Gasteiger partial charge in [0.2, 0.25) is 0 Å². The van der Waals surface area contributed by atoms with Crippen LogP contribution in [0, 0.1) is 11.3 Å². The Balaban J connectivity index is 1.71. The second-order valence-corrected chi connectivity index (χ2v) is 5.24. The van der Waals surface area contributed by atoms with Crippen LogP contribution < -0.4 is 10.6 Å². The number of aromatic nitrogens is 2. The van der Waals surface area contributed by atoms with Gasteiger partial charge in [-0.05, 0) is 17.7 Å². The number of nitriles is 1. The Kier molecular flexibility index (Phi) is 4.98. The van der Waals surface area contributed by atoms with Crippen molar-refractivity contribution in [2.75, 3.05) is 5.32 Å². The van der Waals surface area contributed by atoms with E-state index in [1.165, 1.54) is 6.33 Å². The van der Waals surface area contributed by atoms with Crippen molar-refractivity contribution in [3.05, 3.63) is 83.8 Å². The number of nitrogens with zero attached hydrogens (tertiary/aromatic N) is 3. The molecule has 0 saturated carbocycles. The molecule has 0 radical (unpaired) electrons. The van der Waals surface area contributed by atoms with Crippen molar-refractivity contribution in [2.24, 2.45) is 0 Å². The number of para-hydroxylation sites is 1. The summed E-state index contributed by atoms with van der Waals surface area (Å²) in [4.78, 5) is 20.4. The van der Waals surface area contributed by atoms with Gasteiger partial charge in [-0.15, -0.1) is 0 Å². The Labute approximate surface area is 145 Å². The maximum atomic E-state index is 12.3. The van der Waals surface area contributed by atoms with Gasteiger partial charge in [0, 0.05) is 12.6 Å². The molecule has 0 aliphatic carbocycles. The van der Waals surface area contributed by atoms with E-state index in [1.54, 1.807) is 24.3 Å². The van der Waals surface area contributed by atoms with Gasteiger partial charge in [0.05, 0.1) is 11.3 Å². The Morgan fingerprint density at radius 3 is 2.60 bits per heavy atom. The van der Waals surface area contributed by atoms with Crippen LogP contribution in [0.5, 0.6) is 0 Å². The van der Waals surface area contributed by atoms with E-state index in [4.69, 9.17) is 5.26 Å². The highest BCUT2D eigenvalue weighted by Crippen LogP contribution is 2.18. The predicted molar refractivity (Wildman–Crippen MR) is 94.1 cm³/mol. The minimum atomic E-state index is -0.289. The summed E-state index contributed by atoms with van der Waals surface area (Å²) in [6.45, 7) is 0.420. The topological polar surface area (TPSA) is 90.7 Å². The molecule has 3 aromatic rings. The second kappa shape index (κ2) is 7.70. The lowest BCUT2D eigenvalue weighted by molar-refractivity contribution is 0.0946. The van der Waals surface area contributed by atoms with Gasteiger partial charge in [0.1, 0.15) is 23.9 Å². The van der Waals surface area contributed by atoms with Crippen molar-refractivity contribution in [2.45, 2.75) is 6.54 Å². The zero-order valence-electron chi connectivity index (χ0n) is 13.3. The average molecular weight is 329 g/mol. The van der Waals surface area contributed by atoms with Gasteiger partial charge in [0.15, 0.2) is 0 Å². The highest BCUT2D eigenvalue weighted by molar-refractivity contribution is 5.93. The first kappa shape index (κ1) is 16.1. The minimum Gasteiger partial charge on any atom is -0.347 e. The van der Waals surface area contributed by atoms with Crippen LogP contribution in [0.4, 0.5) is 11.5 Å². The molecule has 2 aromatic carbocycles. The lowest BCUT2D eigenvalue weighted by Gasteiger charge is -2.09. The van der Waals surface area contributed by atoms with E-state index in [1.807, 2.05) is 36.4 Å². The monoisotopic (exact) mass is 329 g/mol. The smallest absolute Gasteiger partial charge is 0.270 e. The molecule has 2 N–H and O–H groups in total. The van der Waals surface area contributed by atoms with Gasteiger partial charge >= 0.3 is 0 Å². The Morgan fingerprint density at radius 1 is 1.04 bits per heavy atom. The number of carbonyl (C=O) groups is 1. The summed E-state index contributed by atoms with van der Waals surface area (Å²) in [6.07, 6.45) is 1.31. The fourth-order valence-corrected chi connectivity index (χ4v) is 2.25. The summed E-state index contributed by atoms with van der Waals surface area (Å²) in [5.41, 5.74) is 2.38. The number of amides is 1. The highest BCUT2D eigenvalue weighted by atomic mass is 16.1. The van der Waals surface area contributed by atoms with Gasteiger partial charge in [-0.2, -0.15) is 5.26 Å². The van der Waals surface area contributed by atoms with Crippen LogP contribution in [-0.2, 0) is 6.54 Å². The van der Waals surface area contributed by atoms with Gasteiger partial charge in [-0.1, -0.05) is 42.5 Å². The third-order valence-electron chi connectivity index (χ3n) is 3.51. The summed E-state index contributed by atoms with van der Waals surface area (Å²) >= 11 is 0. The summed E-state index contributed by atoms with van der Waals surface area (Å²) in [5, 5.41) is 15.0. The molecule has 0 aliphatic heterocycles. The number of hydrogen-bond acceptors (Lipinski definition) is 5. The Bertz CT molecular complexity index is 918. The van der Waals surface area contributed by atoms with Gasteiger partial charge in [0.25, 0.3) is 5.91 Å². The first-order chi connectivity index (χ1) is 12.3. The van der Waals surface area contributed by atoms with Gasteiger partial charge in [-0.25, -0.2) is 9.97 Å². The summed E-state index contributed by atoms with van der Waals surface area (Å²) < 4.78 is 0. The Hall–Kier alpha value is -3.72. The molecule has 1 aromatic heterocycles. The van der Waals surface area contributed by atoms with E-state index in [0.29, 0.717) is 23.6 Å². The summed E-state index contributed by atoms with van der Waals surface area (Å²) in [7, 11) is 0. The molecule has 0 spiro atoms. The van der Waals surface area contributed by atoms with Crippen molar-refractivity contribution in [3.8, 4) is 6.07 Å². The lowest BCUT2D eigenvalue weighted by atomic mass is 10.2. The zero-order valence-corrected chi connectivity index (χ0v) is 13.3. The molecule has 25 heavy (non-hydrogen) atoms. The van der Waals surface area contributed by atoms with E-state index in [0.717, 1.165) is 5.56 Å². The van der Waals surface area contributed by atoms with Crippen molar-refractivity contribution in [1.29, 1.82) is 5.26 Å². The molecule has 122 valence electrons. The number of benzene rings is 2. The minimum absolute atomic E-state index is 0.253. The van der Waals surface area contributed by atoms with E-state index < -0.39 is 0 Å². The standard InChI is InChI=1S/C19H15N5O/c20-11-15-8-4-5-9-16(15)24-18-10-17(22-13-23-18)19(25)21-12-14-6-2-1-3-7-14/h1-10,13H,12H2,(H,21,25)(H,22,23,24). The van der Waals surface area contributed by atoms with Crippen LogP contribution >= 0.6 is 0 Å². The SMILES string of the molecule is N#Cc1ccccc1Nc1cc(C(=O)NCc2ccccc2)ncn1. The molecule has 6 nitrogen and oxygen atoms in total. The van der Waals surface area contributed by atoms with Crippen LogP contribution in [0.15, 0.2) is 67.0 Å². The van der Waals surface area contributed by atoms with Crippen LogP contribution in [-0.4, -0.2) is 15.9 Å². The fourth-order valence-electron chi connectivity index (χ4n) is 2.25. The van der Waals surface area contributed by atoms with Crippen LogP contribution in [0.1, 0.15) is 21.6 Å². The largest absolute Gasteiger partial charge is 0.347 e. The molecule has 6 heteroatoms. The van der Waals surface area contributed by atoms with E-state index >= 15 is 0 Å². The summed E-state index contributed by atoms with van der Waals surface area (Å²) in [5.74, 6) is 0.158. The molecule has 0 atom stereocenters. The first-order valence-corrected chi connectivity index (χ1v) is 7.66. The fraction of sp³-hybridized carbons (Fsp3) is 0.0526. The molecule has 0 unspecified atom stereocenters. The molecule has 0 saturated heterocycles. The number of carbonyl (C=O) groups excluding carboxylic acids is 1. The molecular formula is C19H15N5O. The molecule has 1 amide bonds. The predicted octanol–water partition coefficient (Wildman–Crippen LogP) is 3.02. The van der Waals surface area contributed by atoms with Crippen LogP contribution in [0.25, 0.3) is 0 Å². The van der Waals surface area contributed by atoms with Crippen molar-refractivity contribution in [1.82, 2.24) is 15.3 Å². The highest BCUT2D eigenvalue weighted by Gasteiger charge is 2.09. The number of hydrogen-bond donors (Lipinski definition) is 2. The average Bonchev–Trinajstić information content (AvgIpc) is 2.67. The quantitative estimate of drug-likeness (QED) is 0.751. The van der Waals surface area contributed by atoms with Gasteiger partial charge in [-0.3, -0.25) is 4.79 Å². The molecular weight excluding hydrogens is 314 g/mol. The van der Waals surface area contributed by atoms with E-state index in [-0.39, 0.29) is 11.6 Å². The molecule has 0 bridgehead atoms. The third-order valence-corrected chi connectivity index (χ3v) is 3.51. The molecule has 3 rings (SSSR count). The molecule has 1 heterocycles. The van der Waals surface area contributed by atoms with Crippen molar-refractivity contribution >= 4 is 17.4 Å².